The van der Waals surface area contributed by atoms with Crippen molar-refractivity contribution >= 4 is 34.8 Å². The van der Waals surface area contributed by atoms with Crippen molar-refractivity contribution in [2.24, 2.45) is 5.73 Å². The number of carbonyl (C=O) groups is 1. The molecular formula is C11H14N4O2S. The van der Waals surface area contributed by atoms with Crippen LogP contribution in [0.1, 0.15) is 0 Å². The van der Waals surface area contributed by atoms with Crippen LogP contribution >= 0.6 is 12.2 Å². The highest BCUT2D eigenvalue weighted by Crippen LogP contribution is 2.23. The Bertz CT molecular complexity index is 476. The average molecular weight is 266 g/mol. The van der Waals surface area contributed by atoms with Crippen molar-refractivity contribution in [3.05, 3.63) is 24.3 Å². The van der Waals surface area contributed by atoms with E-state index in [2.05, 4.69) is 0 Å². The van der Waals surface area contributed by atoms with Gasteiger partial charge in [-0.25, -0.2) is 4.79 Å². The van der Waals surface area contributed by atoms with Crippen LogP contribution in [0.4, 0.5) is 16.2 Å². The normalized spacial score (nSPS) is 18.6. The summed E-state index contributed by atoms with van der Waals surface area (Å²) < 4.78 is 5.20. The van der Waals surface area contributed by atoms with Crippen LogP contribution in [0.25, 0.3) is 0 Å². The maximum atomic E-state index is 11.8. The van der Waals surface area contributed by atoms with Gasteiger partial charge in [0.15, 0.2) is 11.3 Å². The molecule has 1 saturated heterocycles. The topological polar surface area (TPSA) is 84.8 Å². The van der Waals surface area contributed by atoms with Gasteiger partial charge in [-0.05, 0) is 36.5 Å². The van der Waals surface area contributed by atoms with Gasteiger partial charge in [-0.3, -0.25) is 4.90 Å². The van der Waals surface area contributed by atoms with Gasteiger partial charge in [0.05, 0.1) is 6.54 Å². The number of carbonyl (C=O) groups excluding carboxylic acids is 1. The fourth-order valence-electron chi connectivity index (χ4n) is 1.66. The van der Waals surface area contributed by atoms with Gasteiger partial charge in [0.25, 0.3) is 0 Å². The molecule has 0 spiro atoms. The van der Waals surface area contributed by atoms with E-state index in [4.69, 9.17) is 28.4 Å². The fraction of sp³-hybridized carbons (Fsp3) is 0.273. The highest BCUT2D eigenvalue weighted by molar-refractivity contribution is 7.80. The average Bonchev–Trinajstić information content (AvgIpc) is 2.71. The van der Waals surface area contributed by atoms with E-state index in [1.807, 2.05) is 0 Å². The lowest BCUT2D eigenvalue weighted by atomic mass is 10.2. The van der Waals surface area contributed by atoms with E-state index < -0.39 is 12.3 Å². The predicted molar refractivity (Wildman–Crippen MR) is 73.0 cm³/mol. The van der Waals surface area contributed by atoms with Crippen molar-refractivity contribution in [3.8, 4) is 0 Å². The number of likely N-dealkylation sites (N-methyl/N-ethyl adjacent to an activating group) is 1. The second-order valence-electron chi connectivity index (χ2n) is 3.99. The molecular weight excluding hydrogens is 252 g/mol. The molecule has 0 unspecified atom stereocenters. The van der Waals surface area contributed by atoms with Crippen molar-refractivity contribution in [1.29, 1.82) is 0 Å². The Labute approximate surface area is 110 Å². The van der Waals surface area contributed by atoms with Crippen LogP contribution in [0.15, 0.2) is 24.3 Å². The van der Waals surface area contributed by atoms with Crippen molar-refractivity contribution in [2.75, 3.05) is 24.2 Å². The molecule has 0 aromatic heterocycles. The zero-order valence-electron chi connectivity index (χ0n) is 9.87. The Hall–Kier alpha value is -2.02. The van der Waals surface area contributed by atoms with E-state index in [0.717, 1.165) is 5.69 Å². The smallest absolute Gasteiger partial charge is 0.416 e. The largest absolute Gasteiger partial charge is 0.423 e. The number of thiocarbonyl (C=S) groups is 1. The van der Waals surface area contributed by atoms with Crippen LogP contribution in [0.2, 0.25) is 0 Å². The van der Waals surface area contributed by atoms with Gasteiger partial charge in [-0.15, -0.1) is 0 Å². The monoisotopic (exact) mass is 266 g/mol. The third-order valence-electron chi connectivity index (χ3n) is 2.78. The van der Waals surface area contributed by atoms with E-state index in [1.54, 1.807) is 36.2 Å². The molecule has 1 aliphatic rings. The number of rotatable bonds is 2. The second kappa shape index (κ2) is 4.69. The molecule has 1 amide bonds. The second-order valence-corrected chi connectivity index (χ2v) is 4.41. The summed E-state index contributed by atoms with van der Waals surface area (Å²) in [6.45, 7) is 0.372. The Kier molecular flexibility index (Phi) is 3.24. The first-order valence-electron chi connectivity index (χ1n) is 5.35. The summed E-state index contributed by atoms with van der Waals surface area (Å²) in [5, 5.41) is 0.187. The molecule has 0 bridgehead atoms. The highest BCUT2D eigenvalue weighted by atomic mass is 32.1. The molecule has 18 heavy (non-hydrogen) atoms. The highest BCUT2D eigenvalue weighted by Gasteiger charge is 2.35. The first-order chi connectivity index (χ1) is 8.49. The molecule has 1 fully saturated rings. The van der Waals surface area contributed by atoms with Gasteiger partial charge < -0.3 is 21.1 Å². The molecule has 1 aromatic carbocycles. The first kappa shape index (κ1) is 12.4. The van der Waals surface area contributed by atoms with Crippen LogP contribution < -0.4 is 16.4 Å². The Morgan fingerprint density at radius 2 is 2.11 bits per heavy atom. The van der Waals surface area contributed by atoms with Gasteiger partial charge in [0, 0.05) is 18.4 Å². The number of amides is 1. The lowest BCUT2D eigenvalue weighted by Crippen LogP contribution is -2.42. The summed E-state index contributed by atoms with van der Waals surface area (Å²) in [7, 11) is 1.69. The first-order valence-corrected chi connectivity index (χ1v) is 5.76. The zero-order chi connectivity index (χ0) is 13.3. The number of ether oxygens (including phenoxy) is 1. The molecule has 96 valence electrons. The van der Waals surface area contributed by atoms with Crippen LogP contribution in [-0.4, -0.2) is 35.9 Å². The van der Waals surface area contributed by atoms with Crippen LogP contribution in [0.5, 0.6) is 0 Å². The SMILES string of the molecule is CN(C(N)=S)[C@@H]1CN(c2ccc(N)cc2)C(=O)O1. The minimum atomic E-state index is -0.465. The molecule has 0 radical (unpaired) electrons. The van der Waals surface area contributed by atoms with Crippen LogP contribution in [0.3, 0.4) is 0 Å². The van der Waals surface area contributed by atoms with E-state index in [9.17, 15) is 4.79 Å². The number of nitrogens with zero attached hydrogens (tertiary/aromatic N) is 2. The third-order valence-corrected chi connectivity index (χ3v) is 3.07. The molecule has 1 atom stereocenters. The predicted octanol–water partition coefficient (Wildman–Crippen LogP) is 0.727. The van der Waals surface area contributed by atoms with E-state index in [-0.39, 0.29) is 5.11 Å². The lowest BCUT2D eigenvalue weighted by molar-refractivity contribution is 0.0790. The van der Waals surface area contributed by atoms with Gasteiger partial charge >= 0.3 is 6.09 Å². The molecule has 1 aliphatic heterocycles. The molecule has 4 N–H and O–H groups in total. The maximum absolute atomic E-state index is 11.8. The van der Waals surface area contributed by atoms with Crippen molar-refractivity contribution in [2.45, 2.75) is 6.23 Å². The molecule has 7 heteroatoms. The standard InChI is InChI=1S/C11H14N4O2S/c1-14(10(13)18)9-6-15(11(16)17-9)8-4-2-7(12)3-5-8/h2-5,9H,6,12H2,1H3,(H2,13,18)/t9-/m0/s1. The Morgan fingerprint density at radius 3 is 2.67 bits per heavy atom. The molecule has 1 heterocycles. The van der Waals surface area contributed by atoms with Gasteiger partial charge in [-0.2, -0.15) is 0 Å². The number of cyclic esters (lactones) is 1. The minimum Gasteiger partial charge on any atom is -0.423 e. The summed E-state index contributed by atoms with van der Waals surface area (Å²) in [4.78, 5) is 14.8. The third kappa shape index (κ3) is 2.30. The number of nitrogens with two attached hydrogens (primary N) is 2. The number of anilines is 2. The summed E-state index contributed by atoms with van der Waals surface area (Å²) in [5.74, 6) is 0. The fourth-order valence-corrected chi connectivity index (χ4v) is 1.77. The van der Waals surface area contributed by atoms with Gasteiger partial charge in [0.1, 0.15) is 0 Å². The molecule has 1 aromatic rings. The molecule has 0 aliphatic carbocycles. The van der Waals surface area contributed by atoms with Gasteiger partial charge in [-0.1, -0.05) is 0 Å². The summed E-state index contributed by atoms with van der Waals surface area (Å²) >= 11 is 4.84. The van der Waals surface area contributed by atoms with Crippen LogP contribution in [0, 0.1) is 0 Å². The Balaban J connectivity index is 2.14. The van der Waals surface area contributed by atoms with E-state index >= 15 is 0 Å². The number of nitrogen functional groups attached to an aromatic ring is 1. The molecule has 6 nitrogen and oxygen atoms in total. The van der Waals surface area contributed by atoms with Gasteiger partial charge in [0.2, 0.25) is 0 Å². The maximum Gasteiger partial charge on any atom is 0.416 e. The lowest BCUT2D eigenvalue weighted by Gasteiger charge is -2.22. The van der Waals surface area contributed by atoms with Crippen molar-refractivity contribution in [1.82, 2.24) is 4.90 Å². The molecule has 2 rings (SSSR count). The zero-order valence-corrected chi connectivity index (χ0v) is 10.7. The van der Waals surface area contributed by atoms with Crippen molar-refractivity contribution < 1.29 is 9.53 Å². The van der Waals surface area contributed by atoms with E-state index in [1.165, 1.54) is 4.90 Å². The Morgan fingerprint density at radius 1 is 1.50 bits per heavy atom. The van der Waals surface area contributed by atoms with Crippen molar-refractivity contribution in [3.63, 3.8) is 0 Å². The number of hydrogen-bond donors (Lipinski definition) is 2. The summed E-state index contributed by atoms with van der Waals surface area (Å²) in [6, 6.07) is 6.99. The summed E-state index contributed by atoms with van der Waals surface area (Å²) in [5.41, 5.74) is 12.5. The number of hydrogen-bond acceptors (Lipinski definition) is 4. The van der Waals surface area contributed by atoms with E-state index in [0.29, 0.717) is 12.2 Å². The van der Waals surface area contributed by atoms with Crippen LogP contribution in [-0.2, 0) is 4.74 Å². The number of benzene rings is 1. The quantitative estimate of drug-likeness (QED) is 0.606. The molecule has 0 saturated carbocycles. The summed E-state index contributed by atoms with van der Waals surface area (Å²) in [6.07, 6.45) is -0.888. The minimum absolute atomic E-state index is 0.187.